The zero-order valence-electron chi connectivity index (χ0n) is 29.8. The average molecular weight is 676 g/mol. The smallest absolute Gasteiger partial charge is 0.0748 e. The third kappa shape index (κ3) is 4.08. The number of fused-ring (bicyclic) bond motifs is 11. The fraction of sp³-hybridized carbons (Fsp3) is 0.0769. The van der Waals surface area contributed by atoms with E-state index in [-0.39, 0.29) is 5.41 Å². The van der Waals surface area contributed by atoms with E-state index in [1.165, 1.54) is 94.3 Å². The van der Waals surface area contributed by atoms with Crippen LogP contribution in [0.3, 0.4) is 0 Å². The molecule has 0 fully saturated rings. The summed E-state index contributed by atoms with van der Waals surface area (Å²) in [5.41, 5.74) is 18.5. The summed E-state index contributed by atoms with van der Waals surface area (Å²) in [5, 5.41) is 2.59. The summed E-state index contributed by atoms with van der Waals surface area (Å²) in [4.78, 5) is 0. The molecule has 8 aromatic carbocycles. The molecule has 1 heteroatoms. The Morgan fingerprint density at radius 1 is 0.340 bits per heavy atom. The van der Waals surface area contributed by atoms with Gasteiger partial charge in [-0.05, 0) is 103 Å². The first-order valence-electron chi connectivity index (χ1n) is 18.7. The van der Waals surface area contributed by atoms with E-state index in [2.05, 4.69) is 206 Å². The fourth-order valence-corrected chi connectivity index (χ4v) is 9.90. The lowest BCUT2D eigenvalue weighted by Gasteiger charge is -2.50. The molecule has 1 aliphatic carbocycles. The molecular formula is C52H37N. The van der Waals surface area contributed by atoms with Crippen LogP contribution in [0.4, 0.5) is 0 Å². The zero-order valence-corrected chi connectivity index (χ0v) is 29.8. The summed E-state index contributed by atoms with van der Waals surface area (Å²) in [6.07, 6.45) is 0. The van der Waals surface area contributed by atoms with E-state index in [0.29, 0.717) is 0 Å². The molecule has 1 unspecified atom stereocenters. The molecule has 9 aromatic rings. The molecule has 0 saturated carbocycles. The third-order valence-electron chi connectivity index (χ3n) is 12.2. The van der Waals surface area contributed by atoms with E-state index in [1.54, 1.807) is 0 Å². The van der Waals surface area contributed by atoms with Gasteiger partial charge in [-0.25, -0.2) is 0 Å². The largest absolute Gasteiger partial charge is 0.309 e. The third-order valence-corrected chi connectivity index (χ3v) is 12.2. The number of benzene rings is 8. The molecule has 0 radical (unpaired) electrons. The molecule has 0 amide bonds. The van der Waals surface area contributed by atoms with Gasteiger partial charge in [0.15, 0.2) is 0 Å². The van der Waals surface area contributed by atoms with Gasteiger partial charge in [-0.3, -0.25) is 0 Å². The maximum atomic E-state index is 2.54. The van der Waals surface area contributed by atoms with Crippen molar-refractivity contribution < 1.29 is 0 Å². The number of para-hydroxylation sites is 3. The van der Waals surface area contributed by atoms with Crippen LogP contribution < -0.4 is 0 Å². The van der Waals surface area contributed by atoms with Gasteiger partial charge in [-0.2, -0.15) is 0 Å². The number of hydrogen-bond donors (Lipinski definition) is 0. The first kappa shape index (κ1) is 30.2. The fourth-order valence-electron chi connectivity index (χ4n) is 9.90. The van der Waals surface area contributed by atoms with Gasteiger partial charge in [-0.15, -0.1) is 0 Å². The highest BCUT2D eigenvalue weighted by atomic mass is 15.0. The van der Waals surface area contributed by atoms with Crippen molar-refractivity contribution in [2.75, 3.05) is 0 Å². The van der Waals surface area contributed by atoms with E-state index in [1.807, 2.05) is 0 Å². The van der Waals surface area contributed by atoms with Crippen molar-refractivity contribution in [1.29, 1.82) is 0 Å². The second kappa shape index (κ2) is 11.0. The van der Waals surface area contributed by atoms with Crippen molar-refractivity contribution in [2.24, 2.45) is 0 Å². The van der Waals surface area contributed by atoms with E-state index >= 15 is 0 Å². The van der Waals surface area contributed by atoms with Gasteiger partial charge in [0.05, 0.1) is 22.1 Å². The maximum absolute atomic E-state index is 2.54. The van der Waals surface area contributed by atoms with Crippen molar-refractivity contribution in [2.45, 2.75) is 24.7 Å². The van der Waals surface area contributed by atoms with E-state index < -0.39 is 5.41 Å². The standard InChI is InChI=1S/C52H37N/c1-51(2)42-22-10-11-23-44(42)52(45-24-12-14-27-49(45)53-48-26-13-9-20-40(48)41-21-15-25-46(52)50(41)53)47-33-36(28-29-43(47)51)39-31-37(34-16-5-3-6-17-34)30-38(32-39)35-18-7-4-8-19-35/h3-33H,1-2H3. The minimum Gasteiger partial charge on any atom is -0.309 e. The summed E-state index contributed by atoms with van der Waals surface area (Å²) in [5.74, 6) is 0. The second-order valence-corrected chi connectivity index (χ2v) is 15.3. The minimum absolute atomic E-state index is 0.205. The van der Waals surface area contributed by atoms with Gasteiger partial charge in [0.2, 0.25) is 0 Å². The summed E-state index contributed by atoms with van der Waals surface area (Å²) < 4.78 is 2.53. The molecule has 250 valence electrons. The highest BCUT2D eigenvalue weighted by molar-refractivity contribution is 6.12. The molecule has 11 rings (SSSR count). The number of hydrogen-bond acceptors (Lipinski definition) is 0. The lowest BCUT2D eigenvalue weighted by atomic mass is 9.53. The molecule has 2 heterocycles. The highest BCUT2D eigenvalue weighted by Crippen LogP contribution is 2.60. The lowest BCUT2D eigenvalue weighted by molar-refractivity contribution is 0.556. The van der Waals surface area contributed by atoms with Crippen molar-refractivity contribution in [1.82, 2.24) is 4.57 Å². The zero-order chi connectivity index (χ0) is 35.3. The van der Waals surface area contributed by atoms with Crippen LogP contribution in [-0.4, -0.2) is 4.57 Å². The van der Waals surface area contributed by atoms with Gasteiger partial charge in [0, 0.05) is 16.2 Å². The Kier molecular flexibility index (Phi) is 6.29. The van der Waals surface area contributed by atoms with Gasteiger partial charge in [-0.1, -0.05) is 166 Å². The van der Waals surface area contributed by atoms with E-state index in [4.69, 9.17) is 0 Å². The molecule has 0 bridgehead atoms. The normalized spacial score (nSPS) is 16.3. The first-order chi connectivity index (χ1) is 26.0. The predicted molar refractivity (Wildman–Crippen MR) is 221 cm³/mol. The second-order valence-electron chi connectivity index (χ2n) is 15.3. The maximum Gasteiger partial charge on any atom is 0.0748 e. The van der Waals surface area contributed by atoms with Crippen LogP contribution in [0.25, 0.3) is 60.9 Å². The van der Waals surface area contributed by atoms with Gasteiger partial charge in [0.25, 0.3) is 0 Å². The van der Waals surface area contributed by atoms with Crippen LogP contribution >= 0.6 is 0 Å². The average Bonchev–Trinajstić information content (AvgIpc) is 3.57. The van der Waals surface area contributed by atoms with Crippen molar-refractivity contribution in [3.8, 4) is 39.1 Å². The molecule has 1 aliphatic heterocycles. The molecule has 0 saturated heterocycles. The summed E-state index contributed by atoms with van der Waals surface area (Å²) in [6, 6.07) is 70.3. The number of aromatic nitrogens is 1. The van der Waals surface area contributed by atoms with Crippen LogP contribution in [0, 0.1) is 0 Å². The molecule has 0 N–H and O–H groups in total. The summed E-state index contributed by atoms with van der Waals surface area (Å²) in [7, 11) is 0. The molecule has 2 aliphatic rings. The minimum atomic E-state index is -0.531. The molecule has 1 spiro atoms. The first-order valence-corrected chi connectivity index (χ1v) is 18.7. The lowest BCUT2D eigenvalue weighted by Crippen LogP contribution is -2.44. The predicted octanol–water partition coefficient (Wildman–Crippen LogP) is 13.1. The molecule has 1 nitrogen and oxygen atoms in total. The van der Waals surface area contributed by atoms with E-state index in [0.717, 1.165) is 0 Å². The van der Waals surface area contributed by atoms with Crippen molar-refractivity contribution in [3.05, 3.63) is 221 Å². The Bertz CT molecular complexity index is 2850. The summed E-state index contributed by atoms with van der Waals surface area (Å²) in [6.45, 7) is 4.82. The SMILES string of the molecule is CC1(C)c2ccccc2C2(c3ccccc3-n3c4ccccc4c4cccc2c43)c2cc(-c3cc(-c4ccccc4)cc(-c4ccccc4)c3)ccc21. The topological polar surface area (TPSA) is 4.93 Å². The van der Waals surface area contributed by atoms with Crippen molar-refractivity contribution >= 4 is 21.8 Å². The van der Waals surface area contributed by atoms with Crippen LogP contribution in [0.15, 0.2) is 188 Å². The Hall–Kier alpha value is -6.44. The number of rotatable bonds is 3. The quantitative estimate of drug-likeness (QED) is 0.176. The van der Waals surface area contributed by atoms with E-state index in [9.17, 15) is 0 Å². The molecule has 53 heavy (non-hydrogen) atoms. The molecule has 1 atom stereocenters. The van der Waals surface area contributed by atoms with Gasteiger partial charge in [0.1, 0.15) is 0 Å². The summed E-state index contributed by atoms with van der Waals surface area (Å²) >= 11 is 0. The van der Waals surface area contributed by atoms with Crippen LogP contribution in [0.5, 0.6) is 0 Å². The Morgan fingerprint density at radius 2 is 0.868 bits per heavy atom. The van der Waals surface area contributed by atoms with Crippen LogP contribution in [0.2, 0.25) is 0 Å². The molecular weight excluding hydrogens is 639 g/mol. The molecule has 1 aromatic heterocycles. The van der Waals surface area contributed by atoms with Crippen LogP contribution in [0.1, 0.15) is 47.2 Å². The Labute approximate surface area is 310 Å². The van der Waals surface area contributed by atoms with Gasteiger partial charge >= 0.3 is 0 Å². The Balaban J connectivity index is 1.27. The van der Waals surface area contributed by atoms with Crippen molar-refractivity contribution in [3.63, 3.8) is 0 Å². The Morgan fingerprint density at radius 3 is 1.58 bits per heavy atom. The monoisotopic (exact) mass is 675 g/mol. The highest BCUT2D eigenvalue weighted by Gasteiger charge is 2.52. The van der Waals surface area contributed by atoms with Crippen LogP contribution in [-0.2, 0) is 10.8 Å². The van der Waals surface area contributed by atoms with Gasteiger partial charge < -0.3 is 4.57 Å². The number of nitrogens with zero attached hydrogens (tertiary/aromatic N) is 1.